The highest BCUT2D eigenvalue weighted by atomic mass is 32.2. The number of hydrogen-bond donors (Lipinski definition) is 1. The number of aliphatic hydroxyl groups excluding tert-OH is 1. The van der Waals surface area contributed by atoms with E-state index in [0.29, 0.717) is 6.42 Å². The van der Waals surface area contributed by atoms with Crippen LogP contribution in [0.2, 0.25) is 0 Å². The minimum Gasteiger partial charge on any atom is -0.380 e. The van der Waals surface area contributed by atoms with Crippen LogP contribution in [0.4, 0.5) is 0 Å². The minimum absolute atomic E-state index is 0.529. The Morgan fingerprint density at radius 2 is 2.70 bits per heavy atom. The lowest BCUT2D eigenvalue weighted by molar-refractivity contribution is 0.242. The first-order valence-electron chi connectivity index (χ1n) is 3.13. The number of rotatable bonds is 2. The Labute approximate surface area is 64.7 Å². The zero-order valence-corrected chi connectivity index (χ0v) is 6.40. The summed E-state index contributed by atoms with van der Waals surface area (Å²) in [4.78, 5) is 4.15. The molecule has 2 nitrogen and oxygen atoms in total. The molecule has 1 aliphatic rings. The molecule has 54 valence electrons. The molecule has 1 aliphatic heterocycles. The monoisotopic (exact) mass is 155 g/mol. The molecule has 1 N–H and O–H groups in total. The van der Waals surface area contributed by atoms with Crippen molar-refractivity contribution in [1.29, 1.82) is 0 Å². The van der Waals surface area contributed by atoms with Gasteiger partial charge in [0.25, 0.3) is 0 Å². The van der Waals surface area contributed by atoms with Gasteiger partial charge < -0.3 is 5.11 Å². The van der Waals surface area contributed by atoms with Crippen LogP contribution in [0.3, 0.4) is 0 Å². The molecule has 0 saturated carbocycles. The Kier molecular flexibility index (Phi) is 2.79. The van der Waals surface area contributed by atoms with Crippen LogP contribution in [0.25, 0.3) is 0 Å². The van der Waals surface area contributed by atoms with E-state index in [1.54, 1.807) is 11.8 Å². The van der Waals surface area contributed by atoms with Crippen molar-refractivity contribution < 1.29 is 5.11 Å². The van der Waals surface area contributed by atoms with Crippen LogP contribution < -0.4 is 0 Å². The van der Waals surface area contributed by atoms with Gasteiger partial charge in [0.2, 0.25) is 0 Å². The first-order valence-corrected chi connectivity index (χ1v) is 4.12. The summed E-state index contributed by atoms with van der Waals surface area (Å²) < 4.78 is 0. The molecule has 1 heterocycles. The van der Waals surface area contributed by atoms with E-state index in [1.807, 2.05) is 0 Å². The van der Waals surface area contributed by atoms with E-state index in [-0.39, 0.29) is 0 Å². The smallest absolute Gasteiger partial charge is 0.120 e. The molecule has 10 heavy (non-hydrogen) atoms. The van der Waals surface area contributed by atoms with E-state index in [1.165, 1.54) is 0 Å². The summed E-state index contributed by atoms with van der Waals surface area (Å²) in [5, 5.41) is 9.98. The number of aliphatic hydroxyl groups is 1. The van der Waals surface area contributed by atoms with Gasteiger partial charge in [0, 0.05) is 18.7 Å². The SMILES string of the molecule is C#C[C@@H](O)CC1=NCCS1. The molecule has 3 heteroatoms. The summed E-state index contributed by atoms with van der Waals surface area (Å²) in [5.41, 5.74) is 0. The average Bonchev–Trinajstić information content (AvgIpc) is 2.40. The van der Waals surface area contributed by atoms with Gasteiger partial charge in [-0.25, -0.2) is 0 Å². The van der Waals surface area contributed by atoms with Crippen molar-refractivity contribution in [3.05, 3.63) is 0 Å². The van der Waals surface area contributed by atoms with Crippen LogP contribution in [-0.2, 0) is 0 Å². The van der Waals surface area contributed by atoms with Gasteiger partial charge in [-0.15, -0.1) is 18.2 Å². The summed E-state index contributed by atoms with van der Waals surface area (Å²) in [6.45, 7) is 0.872. The lowest BCUT2D eigenvalue weighted by Crippen LogP contribution is -2.06. The molecule has 0 spiro atoms. The third-order valence-corrected chi connectivity index (χ3v) is 2.22. The molecule has 0 bridgehead atoms. The van der Waals surface area contributed by atoms with Gasteiger partial charge >= 0.3 is 0 Å². The van der Waals surface area contributed by atoms with Gasteiger partial charge in [-0.05, 0) is 0 Å². The zero-order chi connectivity index (χ0) is 7.40. The third kappa shape index (κ3) is 2.05. The van der Waals surface area contributed by atoms with E-state index < -0.39 is 6.10 Å². The van der Waals surface area contributed by atoms with Crippen LogP contribution in [0.5, 0.6) is 0 Å². The highest BCUT2D eigenvalue weighted by molar-refractivity contribution is 8.14. The number of hydrogen-bond acceptors (Lipinski definition) is 3. The van der Waals surface area contributed by atoms with Crippen molar-refractivity contribution >= 4 is 16.8 Å². The summed E-state index contributed by atoms with van der Waals surface area (Å²) in [5.74, 6) is 3.29. The molecule has 1 atom stereocenters. The number of terminal acetylenes is 1. The molecule has 0 amide bonds. The highest BCUT2D eigenvalue weighted by Gasteiger charge is 2.10. The third-order valence-electron chi connectivity index (χ3n) is 1.21. The number of nitrogens with zero attached hydrogens (tertiary/aromatic N) is 1. The molecular formula is C7H9NOS. The second-order valence-corrected chi connectivity index (χ2v) is 3.18. The second kappa shape index (κ2) is 3.65. The van der Waals surface area contributed by atoms with Crippen LogP contribution in [0, 0.1) is 12.3 Å². The predicted molar refractivity (Wildman–Crippen MR) is 44.2 cm³/mol. The minimum atomic E-state index is -0.649. The lowest BCUT2D eigenvalue weighted by atomic mass is 10.3. The van der Waals surface area contributed by atoms with Crippen molar-refractivity contribution in [1.82, 2.24) is 0 Å². The van der Waals surface area contributed by atoms with E-state index >= 15 is 0 Å². The average molecular weight is 155 g/mol. The molecule has 0 aliphatic carbocycles. The van der Waals surface area contributed by atoms with Crippen molar-refractivity contribution in [2.75, 3.05) is 12.3 Å². The normalized spacial score (nSPS) is 19.8. The predicted octanol–water partition coefficient (Wildman–Crippen LogP) is 0.516. The Hall–Kier alpha value is -0.460. The quantitative estimate of drug-likeness (QED) is 0.589. The van der Waals surface area contributed by atoms with Gasteiger partial charge in [0.15, 0.2) is 0 Å². The number of aliphatic imine (C=N–C) groups is 1. The fraction of sp³-hybridized carbons (Fsp3) is 0.571. The first kappa shape index (κ1) is 7.64. The number of thioether (sulfide) groups is 1. The summed E-state index contributed by atoms with van der Waals surface area (Å²) >= 11 is 1.68. The topological polar surface area (TPSA) is 32.6 Å². The van der Waals surface area contributed by atoms with Crippen LogP contribution in [0.15, 0.2) is 4.99 Å². The van der Waals surface area contributed by atoms with E-state index in [4.69, 9.17) is 11.5 Å². The molecule has 0 radical (unpaired) electrons. The molecular weight excluding hydrogens is 146 g/mol. The van der Waals surface area contributed by atoms with Crippen molar-refractivity contribution in [2.24, 2.45) is 4.99 Å². The van der Waals surface area contributed by atoms with Crippen LogP contribution in [0.1, 0.15) is 6.42 Å². The van der Waals surface area contributed by atoms with Crippen LogP contribution in [-0.4, -0.2) is 28.6 Å². The molecule has 1 rings (SSSR count). The molecule has 0 fully saturated rings. The molecule has 0 unspecified atom stereocenters. The maximum atomic E-state index is 8.99. The highest BCUT2D eigenvalue weighted by Crippen LogP contribution is 2.15. The Balaban J connectivity index is 2.32. The maximum absolute atomic E-state index is 8.99. The lowest BCUT2D eigenvalue weighted by Gasteiger charge is -2.00. The first-order chi connectivity index (χ1) is 4.83. The fourth-order valence-corrected chi connectivity index (χ4v) is 1.60. The van der Waals surface area contributed by atoms with Gasteiger partial charge in [-0.1, -0.05) is 5.92 Å². The molecule has 0 aromatic heterocycles. The van der Waals surface area contributed by atoms with Crippen molar-refractivity contribution in [3.63, 3.8) is 0 Å². The van der Waals surface area contributed by atoms with Crippen LogP contribution >= 0.6 is 11.8 Å². The largest absolute Gasteiger partial charge is 0.380 e. The van der Waals surface area contributed by atoms with Crippen molar-refractivity contribution in [2.45, 2.75) is 12.5 Å². The summed E-state index contributed by atoms with van der Waals surface area (Å²) in [6, 6.07) is 0. The standard InChI is InChI=1S/C7H9NOS/c1-2-6(9)5-7-8-3-4-10-7/h1,6,9H,3-5H2/t6-/m1/s1. The zero-order valence-electron chi connectivity index (χ0n) is 5.58. The van der Waals surface area contributed by atoms with Gasteiger partial charge in [0.1, 0.15) is 6.10 Å². The molecule has 0 aromatic rings. The summed E-state index contributed by atoms with van der Waals surface area (Å²) in [7, 11) is 0. The van der Waals surface area contributed by atoms with E-state index in [2.05, 4.69) is 10.9 Å². The summed E-state index contributed by atoms with van der Waals surface area (Å²) in [6.07, 6.45) is 4.87. The Morgan fingerprint density at radius 1 is 1.90 bits per heavy atom. The van der Waals surface area contributed by atoms with E-state index in [0.717, 1.165) is 17.3 Å². The molecule has 0 aromatic carbocycles. The van der Waals surface area contributed by atoms with E-state index in [9.17, 15) is 0 Å². The van der Waals surface area contributed by atoms with Crippen molar-refractivity contribution in [3.8, 4) is 12.3 Å². The Morgan fingerprint density at radius 3 is 3.20 bits per heavy atom. The fourth-order valence-electron chi connectivity index (χ4n) is 0.727. The molecule has 0 saturated heterocycles. The second-order valence-electron chi connectivity index (χ2n) is 2.01. The van der Waals surface area contributed by atoms with Gasteiger partial charge in [0.05, 0.1) is 5.04 Å². The van der Waals surface area contributed by atoms with Gasteiger partial charge in [-0.2, -0.15) is 0 Å². The Bertz CT molecular complexity index is 183. The maximum Gasteiger partial charge on any atom is 0.120 e. The van der Waals surface area contributed by atoms with Gasteiger partial charge in [-0.3, -0.25) is 4.99 Å².